The summed E-state index contributed by atoms with van der Waals surface area (Å²) in [6.45, 7) is 7.73. The van der Waals surface area contributed by atoms with Crippen LogP contribution in [0.25, 0.3) is 0 Å². The van der Waals surface area contributed by atoms with E-state index in [1.165, 1.54) is 37.9 Å². The quantitative estimate of drug-likeness (QED) is 0.821. The molecule has 3 heteroatoms. The van der Waals surface area contributed by atoms with Crippen LogP contribution in [0, 0.1) is 5.41 Å². The highest BCUT2D eigenvalue weighted by atomic mass is 15.1. The van der Waals surface area contributed by atoms with Crippen LogP contribution in [0.2, 0.25) is 0 Å². The van der Waals surface area contributed by atoms with Crippen molar-refractivity contribution >= 4 is 0 Å². The molecule has 3 nitrogen and oxygen atoms in total. The summed E-state index contributed by atoms with van der Waals surface area (Å²) in [5, 5.41) is 3.59. The number of hydrogen-bond acceptors (Lipinski definition) is 2. The van der Waals surface area contributed by atoms with Gasteiger partial charge in [-0.15, -0.1) is 0 Å². The Labute approximate surface area is 105 Å². The van der Waals surface area contributed by atoms with Gasteiger partial charge in [-0.1, -0.05) is 26.7 Å². The second kappa shape index (κ2) is 5.67. The molecule has 1 N–H and O–H groups in total. The average Bonchev–Trinajstić information content (AvgIpc) is 2.90. The van der Waals surface area contributed by atoms with Crippen LogP contribution >= 0.6 is 0 Å². The maximum atomic E-state index is 4.42. The molecule has 1 aromatic rings. The lowest BCUT2D eigenvalue weighted by atomic mass is 9.89. The number of nitrogens with one attached hydrogen (secondary N) is 1. The van der Waals surface area contributed by atoms with Crippen LogP contribution in [-0.4, -0.2) is 16.1 Å². The van der Waals surface area contributed by atoms with Gasteiger partial charge in [-0.25, -0.2) is 4.98 Å². The molecule has 96 valence electrons. The number of nitrogens with zero attached hydrogens (tertiary/aromatic N) is 2. The van der Waals surface area contributed by atoms with Crippen molar-refractivity contribution in [2.24, 2.45) is 5.41 Å². The molecule has 1 aliphatic rings. The summed E-state index contributed by atoms with van der Waals surface area (Å²) in [7, 11) is 0. The lowest BCUT2D eigenvalue weighted by molar-refractivity contribution is 0.312. The van der Waals surface area contributed by atoms with Gasteiger partial charge in [0, 0.05) is 25.5 Å². The maximum absolute atomic E-state index is 4.42. The van der Waals surface area contributed by atoms with Gasteiger partial charge in [-0.3, -0.25) is 0 Å². The molecule has 0 aromatic carbocycles. The summed E-state index contributed by atoms with van der Waals surface area (Å²) < 4.78 is 2.25. The minimum Gasteiger partial charge on any atom is -0.334 e. The minimum absolute atomic E-state index is 0.530. The lowest BCUT2D eigenvalue weighted by Crippen LogP contribution is -2.30. The third-order valence-corrected chi connectivity index (χ3v) is 3.91. The molecule has 1 saturated carbocycles. The molecule has 0 saturated heterocycles. The fourth-order valence-corrected chi connectivity index (χ4v) is 2.83. The van der Waals surface area contributed by atoms with E-state index < -0.39 is 0 Å². The van der Waals surface area contributed by atoms with Crippen LogP contribution in [0.5, 0.6) is 0 Å². The van der Waals surface area contributed by atoms with E-state index in [4.69, 9.17) is 0 Å². The second-order valence-corrected chi connectivity index (χ2v) is 5.66. The molecule has 0 radical (unpaired) electrons. The summed E-state index contributed by atoms with van der Waals surface area (Å²) in [4.78, 5) is 4.42. The first-order chi connectivity index (χ1) is 8.23. The van der Waals surface area contributed by atoms with Crippen molar-refractivity contribution in [3.8, 4) is 0 Å². The zero-order valence-electron chi connectivity index (χ0n) is 11.2. The smallest absolute Gasteiger partial charge is 0.122 e. The van der Waals surface area contributed by atoms with E-state index in [1.54, 1.807) is 0 Å². The van der Waals surface area contributed by atoms with Crippen molar-refractivity contribution in [1.82, 2.24) is 14.9 Å². The summed E-state index contributed by atoms with van der Waals surface area (Å²) in [6.07, 6.45) is 10.7. The first-order valence-corrected chi connectivity index (χ1v) is 6.94. The lowest BCUT2D eigenvalue weighted by Gasteiger charge is -2.23. The maximum Gasteiger partial charge on any atom is 0.122 e. The van der Waals surface area contributed by atoms with Gasteiger partial charge in [-0.05, 0) is 24.7 Å². The van der Waals surface area contributed by atoms with E-state index in [9.17, 15) is 0 Å². The van der Waals surface area contributed by atoms with E-state index in [2.05, 4.69) is 34.9 Å². The van der Waals surface area contributed by atoms with Gasteiger partial charge in [0.1, 0.15) is 5.82 Å². The Morgan fingerprint density at radius 3 is 2.88 bits per heavy atom. The zero-order chi connectivity index (χ0) is 12.1. The van der Waals surface area contributed by atoms with Crippen molar-refractivity contribution in [1.29, 1.82) is 0 Å². The Bertz CT molecular complexity index is 337. The molecule has 0 unspecified atom stereocenters. The van der Waals surface area contributed by atoms with Gasteiger partial charge in [0.05, 0.1) is 6.54 Å². The van der Waals surface area contributed by atoms with Crippen LogP contribution in [0.4, 0.5) is 0 Å². The van der Waals surface area contributed by atoms with E-state index in [-0.39, 0.29) is 0 Å². The Morgan fingerprint density at radius 2 is 2.18 bits per heavy atom. The highest BCUT2D eigenvalue weighted by Crippen LogP contribution is 2.36. The van der Waals surface area contributed by atoms with E-state index in [0.717, 1.165) is 19.6 Å². The van der Waals surface area contributed by atoms with E-state index in [0.29, 0.717) is 5.41 Å². The van der Waals surface area contributed by atoms with Gasteiger partial charge in [0.2, 0.25) is 0 Å². The fraction of sp³-hybridized carbons (Fsp3) is 0.786. The predicted octanol–water partition coefficient (Wildman–Crippen LogP) is 2.96. The third-order valence-electron chi connectivity index (χ3n) is 3.91. The summed E-state index contributed by atoms with van der Waals surface area (Å²) in [6, 6.07) is 0. The molecule has 1 heterocycles. The molecule has 1 fully saturated rings. The summed E-state index contributed by atoms with van der Waals surface area (Å²) in [5.74, 6) is 1.17. The molecular weight excluding hydrogens is 210 g/mol. The Morgan fingerprint density at radius 1 is 1.41 bits per heavy atom. The highest BCUT2D eigenvalue weighted by molar-refractivity contribution is 4.92. The third kappa shape index (κ3) is 3.32. The first kappa shape index (κ1) is 12.6. The van der Waals surface area contributed by atoms with Gasteiger partial charge in [-0.2, -0.15) is 0 Å². The molecule has 1 aromatic heterocycles. The number of rotatable bonds is 6. The normalized spacial score (nSPS) is 18.7. The average molecular weight is 235 g/mol. The zero-order valence-corrected chi connectivity index (χ0v) is 11.2. The predicted molar refractivity (Wildman–Crippen MR) is 70.8 cm³/mol. The highest BCUT2D eigenvalue weighted by Gasteiger charge is 2.27. The standard InChI is InChI=1S/C14H25N3/c1-3-9-17-10-8-16-13(17)11-15-12-14(2)6-4-5-7-14/h8,10,15H,3-7,9,11-12H2,1-2H3. The molecule has 0 atom stereocenters. The van der Waals surface area contributed by atoms with E-state index in [1.807, 2.05) is 6.20 Å². The van der Waals surface area contributed by atoms with Crippen molar-refractivity contribution in [2.45, 2.75) is 59.0 Å². The number of imidazole rings is 1. The van der Waals surface area contributed by atoms with Crippen molar-refractivity contribution in [2.75, 3.05) is 6.54 Å². The Hall–Kier alpha value is -0.830. The van der Waals surface area contributed by atoms with Gasteiger partial charge < -0.3 is 9.88 Å². The van der Waals surface area contributed by atoms with Gasteiger partial charge in [0.15, 0.2) is 0 Å². The van der Waals surface area contributed by atoms with Crippen LogP contribution in [-0.2, 0) is 13.1 Å². The molecule has 0 amide bonds. The molecule has 0 aliphatic heterocycles. The van der Waals surface area contributed by atoms with Crippen LogP contribution in [0.15, 0.2) is 12.4 Å². The second-order valence-electron chi connectivity index (χ2n) is 5.66. The van der Waals surface area contributed by atoms with Crippen LogP contribution in [0.3, 0.4) is 0 Å². The minimum atomic E-state index is 0.530. The number of aromatic nitrogens is 2. The Balaban J connectivity index is 1.79. The first-order valence-electron chi connectivity index (χ1n) is 6.94. The van der Waals surface area contributed by atoms with Crippen LogP contribution < -0.4 is 5.32 Å². The largest absolute Gasteiger partial charge is 0.334 e. The molecule has 2 rings (SSSR count). The van der Waals surface area contributed by atoms with Gasteiger partial charge in [0.25, 0.3) is 0 Å². The molecule has 0 spiro atoms. The topological polar surface area (TPSA) is 29.9 Å². The Kier molecular flexibility index (Phi) is 4.21. The summed E-state index contributed by atoms with van der Waals surface area (Å²) in [5.41, 5.74) is 0.530. The molecule has 17 heavy (non-hydrogen) atoms. The van der Waals surface area contributed by atoms with E-state index >= 15 is 0 Å². The molecule has 1 aliphatic carbocycles. The van der Waals surface area contributed by atoms with Crippen molar-refractivity contribution in [3.05, 3.63) is 18.2 Å². The van der Waals surface area contributed by atoms with Crippen LogP contribution in [0.1, 0.15) is 51.8 Å². The number of hydrogen-bond donors (Lipinski definition) is 1. The monoisotopic (exact) mass is 235 g/mol. The number of aryl methyl sites for hydroxylation is 1. The van der Waals surface area contributed by atoms with Gasteiger partial charge >= 0.3 is 0 Å². The van der Waals surface area contributed by atoms with Crippen molar-refractivity contribution < 1.29 is 0 Å². The summed E-state index contributed by atoms with van der Waals surface area (Å²) >= 11 is 0. The van der Waals surface area contributed by atoms with Crippen molar-refractivity contribution in [3.63, 3.8) is 0 Å². The molecular formula is C14H25N3. The fourth-order valence-electron chi connectivity index (χ4n) is 2.83. The SMILES string of the molecule is CCCn1ccnc1CNCC1(C)CCCC1. The molecule has 0 bridgehead atoms.